The Morgan fingerprint density at radius 2 is 2.13 bits per heavy atom. The highest BCUT2D eigenvalue weighted by atomic mass is 35.5. The highest BCUT2D eigenvalue weighted by molar-refractivity contribution is 7.99. The Morgan fingerprint density at radius 1 is 1.35 bits per heavy atom. The van der Waals surface area contributed by atoms with Crippen LogP contribution in [-0.2, 0) is 17.0 Å². The van der Waals surface area contributed by atoms with Gasteiger partial charge in [0.2, 0.25) is 5.91 Å². The molecule has 2 aromatic rings. The molecule has 0 bridgehead atoms. The van der Waals surface area contributed by atoms with Crippen LogP contribution >= 0.6 is 23.4 Å². The van der Waals surface area contributed by atoms with Gasteiger partial charge in [0, 0.05) is 22.9 Å². The number of benzene rings is 1. The van der Waals surface area contributed by atoms with Crippen molar-refractivity contribution in [2.75, 3.05) is 12.3 Å². The summed E-state index contributed by atoms with van der Waals surface area (Å²) in [5.41, 5.74) is 3.14. The summed E-state index contributed by atoms with van der Waals surface area (Å²) < 4.78 is 5.13. The average molecular weight is 353 g/mol. The van der Waals surface area contributed by atoms with E-state index in [1.807, 2.05) is 38.1 Å². The molecule has 0 aliphatic heterocycles. The summed E-state index contributed by atoms with van der Waals surface area (Å²) in [5.74, 6) is 2.10. The number of thioether (sulfide) groups is 1. The quantitative estimate of drug-likeness (QED) is 0.731. The van der Waals surface area contributed by atoms with Crippen LogP contribution < -0.4 is 5.32 Å². The van der Waals surface area contributed by atoms with Gasteiger partial charge in [-0.25, -0.2) is 0 Å². The summed E-state index contributed by atoms with van der Waals surface area (Å²) in [5, 5.41) is 7.62. The van der Waals surface area contributed by atoms with Crippen LogP contribution in [0.25, 0.3) is 0 Å². The molecule has 124 valence electrons. The molecule has 0 aliphatic carbocycles. The number of carbonyl (C=O) groups is 1. The Labute approximate surface area is 146 Å². The third kappa shape index (κ3) is 5.59. The van der Waals surface area contributed by atoms with Gasteiger partial charge in [-0.2, -0.15) is 0 Å². The molecule has 0 aliphatic rings. The number of aryl methyl sites for hydroxylation is 2. The van der Waals surface area contributed by atoms with Gasteiger partial charge >= 0.3 is 0 Å². The van der Waals surface area contributed by atoms with Gasteiger partial charge in [-0.15, -0.1) is 11.8 Å². The Morgan fingerprint density at radius 3 is 2.83 bits per heavy atom. The molecule has 6 heteroatoms. The van der Waals surface area contributed by atoms with Gasteiger partial charge < -0.3 is 9.84 Å². The molecule has 0 atom stereocenters. The highest BCUT2D eigenvalue weighted by Gasteiger charge is 2.08. The summed E-state index contributed by atoms with van der Waals surface area (Å²) in [6.07, 6.45) is 1.75. The number of nitrogens with zero attached hydrogens (tertiary/aromatic N) is 1. The molecule has 0 saturated heterocycles. The largest absolute Gasteiger partial charge is 0.361 e. The molecule has 1 aromatic carbocycles. The van der Waals surface area contributed by atoms with Crippen molar-refractivity contribution in [1.82, 2.24) is 10.5 Å². The first kappa shape index (κ1) is 17.9. The summed E-state index contributed by atoms with van der Waals surface area (Å²) in [7, 11) is 0. The molecular weight excluding hydrogens is 332 g/mol. The summed E-state index contributed by atoms with van der Waals surface area (Å²) in [6, 6.07) is 7.71. The first-order valence-corrected chi connectivity index (χ1v) is 9.10. The predicted molar refractivity (Wildman–Crippen MR) is 94.9 cm³/mol. The standard InChI is InChI=1S/C17H21ClN2O2S/c1-12-15(13(2)22-20-12)7-5-9-19-17(21)11-23-10-14-6-3-4-8-16(14)18/h3-4,6,8H,5,7,9-11H2,1-2H3,(H,19,21). The number of aromatic nitrogens is 1. The molecule has 1 heterocycles. The maximum absolute atomic E-state index is 11.8. The van der Waals surface area contributed by atoms with Crippen LogP contribution in [0.1, 0.15) is 29.0 Å². The van der Waals surface area contributed by atoms with E-state index in [4.69, 9.17) is 16.1 Å². The normalized spacial score (nSPS) is 10.7. The number of hydrogen-bond acceptors (Lipinski definition) is 4. The monoisotopic (exact) mass is 352 g/mol. The van der Waals surface area contributed by atoms with E-state index in [2.05, 4.69) is 10.5 Å². The molecule has 0 unspecified atom stereocenters. The van der Waals surface area contributed by atoms with Crippen LogP contribution in [0.4, 0.5) is 0 Å². The summed E-state index contributed by atoms with van der Waals surface area (Å²) >= 11 is 7.66. The Bertz CT molecular complexity index is 638. The van der Waals surface area contributed by atoms with E-state index in [9.17, 15) is 4.79 Å². The van der Waals surface area contributed by atoms with Gasteiger partial charge in [-0.05, 0) is 38.3 Å². The van der Waals surface area contributed by atoms with Gasteiger partial charge in [-0.3, -0.25) is 4.79 Å². The number of amides is 1. The topological polar surface area (TPSA) is 55.1 Å². The van der Waals surface area contributed by atoms with Crippen LogP contribution in [-0.4, -0.2) is 23.4 Å². The van der Waals surface area contributed by atoms with Crippen LogP contribution in [0.5, 0.6) is 0 Å². The lowest BCUT2D eigenvalue weighted by Gasteiger charge is -2.06. The smallest absolute Gasteiger partial charge is 0.230 e. The third-order valence-electron chi connectivity index (χ3n) is 3.56. The summed E-state index contributed by atoms with van der Waals surface area (Å²) in [4.78, 5) is 11.8. The molecule has 4 nitrogen and oxygen atoms in total. The van der Waals surface area contributed by atoms with Gasteiger partial charge in [0.1, 0.15) is 5.76 Å². The fraction of sp³-hybridized carbons (Fsp3) is 0.412. The highest BCUT2D eigenvalue weighted by Crippen LogP contribution is 2.20. The first-order valence-electron chi connectivity index (χ1n) is 7.57. The van der Waals surface area contributed by atoms with E-state index in [0.29, 0.717) is 12.3 Å². The fourth-order valence-electron chi connectivity index (χ4n) is 2.27. The van der Waals surface area contributed by atoms with Crippen molar-refractivity contribution in [1.29, 1.82) is 0 Å². The van der Waals surface area contributed by atoms with Gasteiger partial charge in [0.05, 0.1) is 11.4 Å². The van der Waals surface area contributed by atoms with Gasteiger partial charge in [0.15, 0.2) is 0 Å². The molecule has 1 N–H and O–H groups in total. The van der Waals surface area contributed by atoms with E-state index in [1.54, 1.807) is 11.8 Å². The zero-order valence-corrected chi connectivity index (χ0v) is 15.0. The van der Waals surface area contributed by atoms with Crippen molar-refractivity contribution in [2.45, 2.75) is 32.4 Å². The van der Waals surface area contributed by atoms with E-state index < -0.39 is 0 Å². The zero-order chi connectivity index (χ0) is 16.7. The molecule has 1 aromatic heterocycles. The van der Waals surface area contributed by atoms with Crippen molar-refractivity contribution < 1.29 is 9.32 Å². The van der Waals surface area contributed by atoms with Crippen LogP contribution in [0.2, 0.25) is 5.02 Å². The van der Waals surface area contributed by atoms with E-state index in [-0.39, 0.29) is 5.91 Å². The van der Waals surface area contributed by atoms with E-state index in [1.165, 1.54) is 0 Å². The molecule has 1 amide bonds. The van der Waals surface area contributed by atoms with Crippen LogP contribution in [0, 0.1) is 13.8 Å². The SMILES string of the molecule is Cc1noc(C)c1CCCNC(=O)CSCc1ccccc1Cl. The van der Waals surface area contributed by atoms with Crippen molar-refractivity contribution in [2.24, 2.45) is 0 Å². The second-order valence-electron chi connectivity index (χ2n) is 5.34. The van der Waals surface area contributed by atoms with Crippen LogP contribution in [0.3, 0.4) is 0 Å². The van der Waals surface area contributed by atoms with Crippen molar-refractivity contribution in [3.05, 3.63) is 51.9 Å². The molecule has 0 saturated carbocycles. The average Bonchev–Trinajstić information content (AvgIpc) is 2.85. The molecular formula is C17H21ClN2O2S. The van der Waals surface area contributed by atoms with Crippen LogP contribution in [0.15, 0.2) is 28.8 Å². The molecule has 2 rings (SSSR count). The Kier molecular flexibility index (Phi) is 6.99. The predicted octanol–water partition coefficient (Wildman–Crippen LogP) is 3.93. The van der Waals surface area contributed by atoms with E-state index in [0.717, 1.165) is 46.2 Å². The second kappa shape index (κ2) is 8.99. The Hall–Kier alpha value is -1.46. The van der Waals surface area contributed by atoms with E-state index >= 15 is 0 Å². The lowest BCUT2D eigenvalue weighted by molar-refractivity contribution is -0.118. The number of halogens is 1. The van der Waals surface area contributed by atoms with Gasteiger partial charge in [0.25, 0.3) is 0 Å². The molecule has 0 spiro atoms. The minimum atomic E-state index is 0.0563. The van der Waals surface area contributed by atoms with Crippen molar-refractivity contribution in [3.63, 3.8) is 0 Å². The lowest BCUT2D eigenvalue weighted by atomic mass is 10.1. The lowest BCUT2D eigenvalue weighted by Crippen LogP contribution is -2.26. The molecule has 0 radical (unpaired) electrons. The maximum Gasteiger partial charge on any atom is 0.230 e. The number of carbonyl (C=O) groups excluding carboxylic acids is 1. The Balaban J connectivity index is 1.61. The third-order valence-corrected chi connectivity index (χ3v) is 4.91. The minimum Gasteiger partial charge on any atom is -0.361 e. The van der Waals surface area contributed by atoms with Crippen molar-refractivity contribution >= 4 is 29.3 Å². The first-order chi connectivity index (χ1) is 11.1. The number of rotatable bonds is 8. The van der Waals surface area contributed by atoms with Gasteiger partial charge in [-0.1, -0.05) is 35.0 Å². The zero-order valence-electron chi connectivity index (χ0n) is 13.4. The minimum absolute atomic E-state index is 0.0563. The molecule has 0 fully saturated rings. The van der Waals surface area contributed by atoms with Crippen molar-refractivity contribution in [3.8, 4) is 0 Å². The fourth-order valence-corrected chi connectivity index (χ4v) is 3.41. The number of nitrogens with one attached hydrogen (secondary N) is 1. The second-order valence-corrected chi connectivity index (χ2v) is 6.73. The molecule has 23 heavy (non-hydrogen) atoms. The summed E-state index contributed by atoms with van der Waals surface area (Å²) in [6.45, 7) is 4.52. The number of hydrogen-bond donors (Lipinski definition) is 1. The maximum atomic E-state index is 11.8.